The summed E-state index contributed by atoms with van der Waals surface area (Å²) in [5.41, 5.74) is 0. The lowest BCUT2D eigenvalue weighted by Gasteiger charge is -2.09. The van der Waals surface area contributed by atoms with E-state index in [0.29, 0.717) is 6.54 Å². The van der Waals surface area contributed by atoms with Crippen molar-refractivity contribution in [3.05, 3.63) is 12.4 Å². The molecule has 0 radical (unpaired) electrons. The Hall–Kier alpha value is -0.920. The molecule has 14 heavy (non-hydrogen) atoms. The number of aromatic nitrogens is 2. The molecule has 1 atom stereocenters. The molecule has 0 spiro atoms. The first-order chi connectivity index (χ1) is 6.68. The van der Waals surface area contributed by atoms with Gasteiger partial charge in [0.15, 0.2) is 0 Å². The minimum absolute atomic E-state index is 0.0231. The molecule has 1 aliphatic rings. The molecule has 1 fully saturated rings. The average molecular weight is 216 g/mol. The third-order valence-electron chi connectivity index (χ3n) is 2.11. The summed E-state index contributed by atoms with van der Waals surface area (Å²) >= 11 is 0. The lowest BCUT2D eigenvalue weighted by atomic mass is 10.3. The van der Waals surface area contributed by atoms with Gasteiger partial charge in [-0.25, -0.2) is 18.1 Å². The second-order valence-corrected chi connectivity index (χ2v) is 4.83. The van der Waals surface area contributed by atoms with Gasteiger partial charge in [-0.1, -0.05) is 0 Å². The van der Waals surface area contributed by atoms with Crippen molar-refractivity contribution in [1.82, 2.24) is 20.0 Å². The molecule has 1 aromatic rings. The van der Waals surface area contributed by atoms with E-state index in [4.69, 9.17) is 0 Å². The molecule has 0 amide bonds. The Morgan fingerprint density at radius 3 is 3.00 bits per heavy atom. The first kappa shape index (κ1) is 9.63. The number of H-pyrrole nitrogens is 1. The highest BCUT2D eigenvalue weighted by Gasteiger charge is 2.23. The van der Waals surface area contributed by atoms with Crippen LogP contribution in [-0.4, -0.2) is 37.5 Å². The smallest absolute Gasteiger partial charge is 0.274 e. The summed E-state index contributed by atoms with van der Waals surface area (Å²) in [4.78, 5) is 6.27. The van der Waals surface area contributed by atoms with Crippen molar-refractivity contribution < 1.29 is 8.42 Å². The topological polar surface area (TPSA) is 86.9 Å². The molecule has 0 aliphatic carbocycles. The van der Waals surface area contributed by atoms with Gasteiger partial charge in [-0.05, 0) is 13.0 Å². The van der Waals surface area contributed by atoms with Crippen LogP contribution in [0.25, 0.3) is 0 Å². The Labute approximate surface area is 82.2 Å². The van der Waals surface area contributed by atoms with Crippen LogP contribution in [0.1, 0.15) is 6.42 Å². The fourth-order valence-corrected chi connectivity index (χ4v) is 2.60. The van der Waals surface area contributed by atoms with E-state index >= 15 is 0 Å². The van der Waals surface area contributed by atoms with Crippen molar-refractivity contribution in [2.45, 2.75) is 17.6 Å². The van der Waals surface area contributed by atoms with E-state index in [1.54, 1.807) is 0 Å². The standard InChI is InChI=1S/C7H12N4O2S/c12-14(13,7-9-3-4-10-7)11-6-1-2-8-5-6/h3-4,6,8,11H,1-2,5H2,(H,9,10). The predicted molar refractivity (Wildman–Crippen MR) is 50.2 cm³/mol. The normalized spacial score (nSPS) is 22.7. The number of sulfonamides is 1. The van der Waals surface area contributed by atoms with Crippen LogP contribution >= 0.6 is 0 Å². The summed E-state index contributed by atoms with van der Waals surface area (Å²) in [6.45, 7) is 1.53. The lowest BCUT2D eigenvalue weighted by molar-refractivity contribution is 0.553. The highest BCUT2D eigenvalue weighted by molar-refractivity contribution is 7.89. The fraction of sp³-hybridized carbons (Fsp3) is 0.571. The number of nitrogens with zero attached hydrogens (tertiary/aromatic N) is 1. The Bertz CT molecular complexity index is 380. The van der Waals surface area contributed by atoms with Crippen molar-refractivity contribution >= 4 is 10.0 Å². The van der Waals surface area contributed by atoms with E-state index in [-0.39, 0.29) is 11.2 Å². The van der Waals surface area contributed by atoms with Crippen molar-refractivity contribution in [2.24, 2.45) is 0 Å². The molecule has 1 saturated heterocycles. The number of nitrogens with one attached hydrogen (secondary N) is 3. The Morgan fingerprint density at radius 1 is 1.57 bits per heavy atom. The van der Waals surface area contributed by atoms with Crippen LogP contribution in [0, 0.1) is 0 Å². The molecule has 1 unspecified atom stereocenters. The molecule has 78 valence electrons. The second kappa shape index (κ2) is 3.68. The van der Waals surface area contributed by atoms with Crippen LogP contribution in [-0.2, 0) is 10.0 Å². The van der Waals surface area contributed by atoms with Gasteiger partial charge >= 0.3 is 0 Å². The zero-order valence-corrected chi connectivity index (χ0v) is 8.34. The lowest BCUT2D eigenvalue weighted by Crippen LogP contribution is -2.36. The number of hydrogen-bond acceptors (Lipinski definition) is 4. The molecule has 3 N–H and O–H groups in total. The van der Waals surface area contributed by atoms with E-state index in [1.807, 2.05) is 0 Å². The summed E-state index contributed by atoms with van der Waals surface area (Å²) in [6, 6.07) is -0.0231. The maximum Gasteiger partial charge on any atom is 0.274 e. The van der Waals surface area contributed by atoms with Gasteiger partial charge in [-0.2, -0.15) is 0 Å². The molecule has 7 heteroatoms. The fourth-order valence-electron chi connectivity index (χ4n) is 1.43. The van der Waals surface area contributed by atoms with E-state index in [2.05, 4.69) is 20.0 Å². The van der Waals surface area contributed by atoms with Crippen molar-refractivity contribution in [1.29, 1.82) is 0 Å². The van der Waals surface area contributed by atoms with Gasteiger partial charge in [0.25, 0.3) is 10.0 Å². The van der Waals surface area contributed by atoms with Gasteiger partial charge in [0.05, 0.1) is 0 Å². The molecule has 1 aliphatic heterocycles. The van der Waals surface area contributed by atoms with Crippen LogP contribution in [0.4, 0.5) is 0 Å². The van der Waals surface area contributed by atoms with Crippen molar-refractivity contribution in [2.75, 3.05) is 13.1 Å². The van der Waals surface area contributed by atoms with Crippen molar-refractivity contribution in [3.8, 4) is 0 Å². The summed E-state index contributed by atoms with van der Waals surface area (Å²) in [5, 5.41) is 3.06. The molecule has 0 saturated carbocycles. The third kappa shape index (κ3) is 1.94. The molecule has 0 bridgehead atoms. The number of rotatable bonds is 3. The van der Waals surface area contributed by atoms with Crippen LogP contribution in [0.5, 0.6) is 0 Å². The van der Waals surface area contributed by atoms with Crippen LogP contribution in [0.2, 0.25) is 0 Å². The summed E-state index contributed by atoms with van der Waals surface area (Å²) in [6.07, 6.45) is 3.73. The van der Waals surface area contributed by atoms with E-state index < -0.39 is 10.0 Å². The molecule has 0 aromatic carbocycles. The van der Waals surface area contributed by atoms with Gasteiger partial charge in [0, 0.05) is 25.0 Å². The van der Waals surface area contributed by atoms with E-state index in [0.717, 1.165) is 13.0 Å². The number of imidazole rings is 1. The monoisotopic (exact) mass is 216 g/mol. The first-order valence-corrected chi connectivity index (χ1v) is 5.89. The zero-order valence-electron chi connectivity index (χ0n) is 7.53. The van der Waals surface area contributed by atoms with Gasteiger partial charge in [-0.15, -0.1) is 0 Å². The Balaban J connectivity index is 2.09. The number of hydrogen-bond donors (Lipinski definition) is 3. The molecule has 2 rings (SSSR count). The highest BCUT2D eigenvalue weighted by atomic mass is 32.2. The van der Waals surface area contributed by atoms with E-state index in [9.17, 15) is 8.42 Å². The highest BCUT2D eigenvalue weighted by Crippen LogP contribution is 2.05. The van der Waals surface area contributed by atoms with E-state index in [1.165, 1.54) is 12.4 Å². The minimum atomic E-state index is -3.46. The average Bonchev–Trinajstić information content (AvgIpc) is 2.71. The quantitative estimate of drug-likeness (QED) is 0.608. The SMILES string of the molecule is O=S(=O)(NC1CCNC1)c1ncc[nH]1. The van der Waals surface area contributed by atoms with Gasteiger partial charge in [-0.3, -0.25) is 0 Å². The predicted octanol–water partition coefficient (Wildman–Crippen LogP) is -0.950. The summed E-state index contributed by atoms with van der Waals surface area (Å²) < 4.78 is 25.8. The van der Waals surface area contributed by atoms with Crippen molar-refractivity contribution in [3.63, 3.8) is 0 Å². The maximum atomic E-state index is 11.6. The van der Waals surface area contributed by atoms with Gasteiger partial charge in [0.1, 0.15) is 0 Å². The third-order valence-corrected chi connectivity index (χ3v) is 3.49. The summed E-state index contributed by atoms with van der Waals surface area (Å²) in [7, 11) is -3.46. The first-order valence-electron chi connectivity index (χ1n) is 4.41. The van der Waals surface area contributed by atoms with Gasteiger partial charge in [0.2, 0.25) is 5.16 Å². The zero-order chi connectivity index (χ0) is 10.0. The Kier molecular flexibility index (Phi) is 2.53. The maximum absolute atomic E-state index is 11.6. The molecular weight excluding hydrogens is 204 g/mol. The molecule has 2 heterocycles. The van der Waals surface area contributed by atoms with Crippen LogP contribution in [0.15, 0.2) is 17.6 Å². The van der Waals surface area contributed by atoms with Gasteiger partial charge < -0.3 is 10.3 Å². The largest absolute Gasteiger partial charge is 0.334 e. The molecule has 6 nitrogen and oxygen atoms in total. The number of aromatic amines is 1. The van der Waals surface area contributed by atoms with Crippen LogP contribution < -0.4 is 10.0 Å². The minimum Gasteiger partial charge on any atom is -0.334 e. The molecular formula is C7H12N4O2S. The van der Waals surface area contributed by atoms with Crippen LogP contribution in [0.3, 0.4) is 0 Å². The Morgan fingerprint density at radius 2 is 2.43 bits per heavy atom. The summed E-state index contributed by atoms with van der Waals surface area (Å²) in [5.74, 6) is 0. The molecule has 1 aromatic heterocycles. The second-order valence-electron chi connectivity index (χ2n) is 3.21.